The molecule has 0 unspecified atom stereocenters. The van der Waals surface area contributed by atoms with Crippen molar-refractivity contribution >= 4 is 60.5 Å². The third-order valence-electron chi connectivity index (χ3n) is 12.1. The van der Waals surface area contributed by atoms with Crippen LogP contribution in [0.25, 0.3) is 99.9 Å². The topological polar surface area (TPSA) is 55.1 Å². The molecule has 0 aliphatic heterocycles. The van der Waals surface area contributed by atoms with Crippen LogP contribution in [0.5, 0.6) is 0 Å². The molecule has 0 saturated carbocycles. The second kappa shape index (κ2) is 15.7. The summed E-state index contributed by atoms with van der Waals surface area (Å²) in [5.74, 6) is 1.81. The van der Waals surface area contributed by atoms with Gasteiger partial charge in [-0.2, -0.15) is 0 Å². The van der Waals surface area contributed by atoms with E-state index in [1.54, 1.807) is 0 Å². The molecule has 0 aliphatic rings. The van der Waals surface area contributed by atoms with Gasteiger partial charge in [0.25, 0.3) is 0 Å². The van der Waals surface area contributed by atoms with Gasteiger partial charge in [-0.25, -0.2) is 15.0 Å². The van der Waals surface area contributed by atoms with Crippen LogP contribution in [0.2, 0.25) is 0 Å². The minimum Gasteiger partial charge on any atom is -0.455 e. The predicted molar refractivity (Wildman–Crippen MR) is 264 cm³/mol. The van der Waals surface area contributed by atoms with E-state index in [0.717, 1.165) is 88.7 Å². The Morgan fingerprint density at radius 3 is 1.56 bits per heavy atom. The zero-order chi connectivity index (χ0) is 42.4. The van der Waals surface area contributed by atoms with E-state index in [9.17, 15) is 0 Å². The van der Waals surface area contributed by atoms with Gasteiger partial charge in [0.1, 0.15) is 11.2 Å². The molecule has 0 aliphatic carbocycles. The van der Waals surface area contributed by atoms with Crippen LogP contribution in [0.1, 0.15) is 0 Å². The fourth-order valence-electron chi connectivity index (χ4n) is 8.89. The number of benzene rings is 10. The molecule has 12 rings (SSSR count). The van der Waals surface area contributed by atoms with Gasteiger partial charge in [-0.15, -0.1) is 0 Å². The molecule has 0 amide bonds. The standard InChI is InChI=1S/C59H38N4O/c1-4-14-39(15-5-1)41-24-26-44(27-25-41)58-60-57(43-17-6-2-7-18-43)61-59(62-58)54-38-53-50-22-12-13-23-55(50)64-56(53)51-35-31-46(37-52(51)54)42-28-32-48(33-29-42)63(47-20-8-3-9-21-47)49-34-30-40-16-10-11-19-45(40)36-49/h1-38H. The van der Waals surface area contributed by atoms with Crippen LogP contribution in [0.4, 0.5) is 17.1 Å². The summed E-state index contributed by atoms with van der Waals surface area (Å²) in [6, 6.07) is 80.6. The van der Waals surface area contributed by atoms with Crippen molar-refractivity contribution in [2.24, 2.45) is 0 Å². The van der Waals surface area contributed by atoms with Crippen molar-refractivity contribution in [3.8, 4) is 56.4 Å². The Bertz CT molecular complexity index is 3640. The maximum Gasteiger partial charge on any atom is 0.164 e. The van der Waals surface area contributed by atoms with E-state index in [1.165, 1.54) is 10.8 Å². The Kier molecular flexibility index (Phi) is 9.08. The zero-order valence-corrected chi connectivity index (χ0v) is 34.6. The van der Waals surface area contributed by atoms with Crippen molar-refractivity contribution < 1.29 is 4.42 Å². The van der Waals surface area contributed by atoms with Crippen molar-refractivity contribution in [2.75, 3.05) is 4.90 Å². The average Bonchev–Trinajstić information content (AvgIpc) is 3.76. The molecule has 0 N–H and O–H groups in total. The highest BCUT2D eigenvalue weighted by Gasteiger charge is 2.20. The molecule has 64 heavy (non-hydrogen) atoms. The fraction of sp³-hybridized carbons (Fsp3) is 0. The smallest absolute Gasteiger partial charge is 0.164 e. The Hall–Kier alpha value is -8.67. The molecule has 300 valence electrons. The second-order valence-electron chi connectivity index (χ2n) is 16.0. The zero-order valence-electron chi connectivity index (χ0n) is 34.6. The molecule has 5 heteroatoms. The summed E-state index contributed by atoms with van der Waals surface area (Å²) in [7, 11) is 0. The van der Waals surface area contributed by atoms with Crippen LogP contribution in [0.3, 0.4) is 0 Å². The van der Waals surface area contributed by atoms with Gasteiger partial charge in [-0.1, -0.05) is 170 Å². The number of hydrogen-bond donors (Lipinski definition) is 0. The molecule has 5 nitrogen and oxygen atoms in total. The third-order valence-corrected chi connectivity index (χ3v) is 12.1. The molecule has 2 heterocycles. The monoisotopic (exact) mass is 818 g/mol. The van der Waals surface area contributed by atoms with Crippen LogP contribution in [0.15, 0.2) is 235 Å². The summed E-state index contributed by atoms with van der Waals surface area (Å²) in [6.07, 6.45) is 0. The van der Waals surface area contributed by atoms with Crippen LogP contribution < -0.4 is 4.90 Å². The minimum absolute atomic E-state index is 0.592. The Labute approximate surface area is 370 Å². The second-order valence-corrected chi connectivity index (χ2v) is 16.0. The summed E-state index contributed by atoms with van der Waals surface area (Å²) in [4.78, 5) is 17.9. The van der Waals surface area contributed by atoms with Crippen molar-refractivity contribution in [1.29, 1.82) is 0 Å². The van der Waals surface area contributed by atoms with Crippen LogP contribution in [-0.4, -0.2) is 15.0 Å². The third kappa shape index (κ3) is 6.73. The first-order chi connectivity index (χ1) is 31.7. The molecule has 2 aromatic heterocycles. The van der Waals surface area contributed by atoms with E-state index in [0.29, 0.717) is 17.5 Å². The van der Waals surface area contributed by atoms with E-state index >= 15 is 0 Å². The van der Waals surface area contributed by atoms with E-state index in [4.69, 9.17) is 19.4 Å². The van der Waals surface area contributed by atoms with Gasteiger partial charge >= 0.3 is 0 Å². The van der Waals surface area contributed by atoms with Gasteiger partial charge in [-0.05, 0) is 99.1 Å². The summed E-state index contributed by atoms with van der Waals surface area (Å²) in [6.45, 7) is 0. The quantitative estimate of drug-likeness (QED) is 0.153. The molecular weight excluding hydrogens is 781 g/mol. The Morgan fingerprint density at radius 2 is 0.812 bits per heavy atom. The molecule has 0 spiro atoms. The van der Waals surface area contributed by atoms with Crippen molar-refractivity contribution in [2.45, 2.75) is 0 Å². The number of para-hydroxylation sites is 2. The number of furan rings is 1. The molecule has 0 radical (unpaired) electrons. The first-order valence-electron chi connectivity index (χ1n) is 21.5. The first kappa shape index (κ1) is 37.1. The summed E-state index contributed by atoms with van der Waals surface area (Å²) < 4.78 is 6.63. The van der Waals surface area contributed by atoms with Gasteiger partial charge < -0.3 is 9.32 Å². The molecule has 12 aromatic rings. The average molecular weight is 819 g/mol. The van der Waals surface area contributed by atoms with Gasteiger partial charge in [0.2, 0.25) is 0 Å². The normalized spacial score (nSPS) is 11.4. The lowest BCUT2D eigenvalue weighted by molar-refractivity contribution is 0.672. The van der Waals surface area contributed by atoms with Gasteiger partial charge in [0.15, 0.2) is 17.5 Å². The van der Waals surface area contributed by atoms with E-state index in [-0.39, 0.29) is 0 Å². The van der Waals surface area contributed by atoms with Crippen molar-refractivity contribution in [3.05, 3.63) is 231 Å². The minimum atomic E-state index is 0.592. The van der Waals surface area contributed by atoms with E-state index in [1.807, 2.05) is 48.5 Å². The first-order valence-corrected chi connectivity index (χ1v) is 21.5. The SMILES string of the molecule is c1ccc(-c2ccc(-c3nc(-c4ccccc4)nc(-c4cc5c6ccccc6oc5c5ccc(-c6ccc(N(c7ccccc7)c7ccc8ccccc8c7)cc6)cc45)n3)cc2)cc1. The number of nitrogens with zero attached hydrogens (tertiary/aromatic N) is 4. The van der Waals surface area contributed by atoms with Crippen LogP contribution in [0, 0.1) is 0 Å². The number of fused-ring (bicyclic) bond motifs is 6. The van der Waals surface area contributed by atoms with Crippen molar-refractivity contribution in [1.82, 2.24) is 15.0 Å². The van der Waals surface area contributed by atoms with Crippen molar-refractivity contribution in [3.63, 3.8) is 0 Å². The van der Waals surface area contributed by atoms with Gasteiger partial charge in [0, 0.05) is 49.9 Å². The molecule has 0 bridgehead atoms. The number of aromatic nitrogens is 3. The van der Waals surface area contributed by atoms with Crippen LogP contribution in [-0.2, 0) is 0 Å². The number of hydrogen-bond acceptors (Lipinski definition) is 5. The lowest BCUT2D eigenvalue weighted by Crippen LogP contribution is -2.09. The number of anilines is 3. The molecule has 0 saturated heterocycles. The van der Waals surface area contributed by atoms with Gasteiger partial charge in [0.05, 0.1) is 0 Å². The number of rotatable bonds is 8. The Morgan fingerprint density at radius 1 is 0.297 bits per heavy atom. The summed E-state index contributed by atoms with van der Waals surface area (Å²) >= 11 is 0. The summed E-state index contributed by atoms with van der Waals surface area (Å²) in [5, 5.41) is 6.46. The maximum absolute atomic E-state index is 6.63. The van der Waals surface area contributed by atoms with Gasteiger partial charge in [-0.3, -0.25) is 0 Å². The highest BCUT2D eigenvalue weighted by atomic mass is 16.3. The maximum atomic E-state index is 6.63. The Balaban J connectivity index is 1.01. The lowest BCUT2D eigenvalue weighted by atomic mass is 9.95. The van der Waals surface area contributed by atoms with E-state index in [2.05, 4.69) is 187 Å². The molecule has 0 atom stereocenters. The highest BCUT2D eigenvalue weighted by Crippen LogP contribution is 2.42. The summed E-state index contributed by atoms with van der Waals surface area (Å²) in [5.41, 5.74) is 12.1. The highest BCUT2D eigenvalue weighted by molar-refractivity contribution is 6.19. The largest absolute Gasteiger partial charge is 0.455 e. The molecule has 0 fully saturated rings. The van der Waals surface area contributed by atoms with E-state index < -0.39 is 0 Å². The molecular formula is C59H38N4O. The molecule has 10 aromatic carbocycles. The van der Waals surface area contributed by atoms with Crippen LogP contribution >= 0.6 is 0 Å². The predicted octanol–water partition coefficient (Wildman–Crippen LogP) is 15.9. The lowest BCUT2D eigenvalue weighted by Gasteiger charge is -2.26. The fourth-order valence-corrected chi connectivity index (χ4v) is 8.89.